The average Bonchev–Trinajstić information content (AvgIpc) is 2.42. The summed E-state index contributed by atoms with van der Waals surface area (Å²) in [5.74, 6) is -0.00975. The van der Waals surface area contributed by atoms with Crippen LogP contribution in [-0.2, 0) is 9.53 Å². The number of anilines is 1. The van der Waals surface area contributed by atoms with Crippen molar-refractivity contribution >= 4 is 23.2 Å². The molecule has 1 fully saturated rings. The number of carbonyl (C=O) groups excluding carboxylic acids is 1. The number of nitrogens with one attached hydrogen (secondary N) is 1. The lowest BCUT2D eigenvalue weighted by Gasteiger charge is -2.34. The van der Waals surface area contributed by atoms with Gasteiger partial charge in [-0.2, -0.15) is 0 Å². The second-order valence-corrected chi connectivity index (χ2v) is 5.74. The van der Waals surface area contributed by atoms with E-state index in [0.717, 1.165) is 24.3 Å². The number of halogens is 1. The third-order valence-corrected chi connectivity index (χ3v) is 3.89. The first-order valence-electron chi connectivity index (χ1n) is 6.90. The second-order valence-electron chi connectivity index (χ2n) is 5.30. The van der Waals surface area contributed by atoms with Crippen LogP contribution >= 0.6 is 11.6 Å². The molecule has 2 rings (SSSR count). The maximum Gasteiger partial charge on any atom is 0.241 e. The molecule has 0 spiro atoms. The summed E-state index contributed by atoms with van der Waals surface area (Å²) >= 11 is 5.97. The maximum atomic E-state index is 12.3. The molecule has 0 aliphatic carbocycles. The van der Waals surface area contributed by atoms with Gasteiger partial charge < -0.3 is 10.1 Å². The van der Waals surface area contributed by atoms with Crippen LogP contribution in [0.2, 0.25) is 5.02 Å². The fourth-order valence-electron chi connectivity index (χ4n) is 2.33. The van der Waals surface area contributed by atoms with Crippen LogP contribution in [0.25, 0.3) is 0 Å². The van der Waals surface area contributed by atoms with Gasteiger partial charge in [0.1, 0.15) is 0 Å². The third-order valence-electron chi connectivity index (χ3n) is 3.66. The van der Waals surface area contributed by atoms with E-state index in [0.29, 0.717) is 11.6 Å². The van der Waals surface area contributed by atoms with Crippen molar-refractivity contribution in [2.75, 3.05) is 25.0 Å². The first-order chi connectivity index (χ1) is 9.47. The zero-order valence-electron chi connectivity index (χ0n) is 12.1. The summed E-state index contributed by atoms with van der Waals surface area (Å²) in [5, 5.41) is 3.58. The SMILES string of the molecule is Cc1ccc(Cl)cc1NC(=O)C(C)N1CCOC(C)C1. The van der Waals surface area contributed by atoms with E-state index >= 15 is 0 Å². The Morgan fingerprint density at radius 3 is 3.00 bits per heavy atom. The van der Waals surface area contributed by atoms with Crippen molar-refractivity contribution in [3.8, 4) is 0 Å². The van der Waals surface area contributed by atoms with Crippen molar-refractivity contribution in [3.05, 3.63) is 28.8 Å². The van der Waals surface area contributed by atoms with Crippen molar-refractivity contribution in [1.82, 2.24) is 4.90 Å². The van der Waals surface area contributed by atoms with Crippen LogP contribution in [0.3, 0.4) is 0 Å². The van der Waals surface area contributed by atoms with Crippen LogP contribution in [0.1, 0.15) is 19.4 Å². The molecule has 1 N–H and O–H groups in total. The number of carbonyl (C=O) groups is 1. The molecule has 5 heteroatoms. The normalized spacial score (nSPS) is 21.5. The zero-order valence-corrected chi connectivity index (χ0v) is 12.9. The molecular weight excluding hydrogens is 276 g/mol. The minimum Gasteiger partial charge on any atom is -0.376 e. The van der Waals surface area contributed by atoms with Gasteiger partial charge in [0.2, 0.25) is 5.91 Å². The van der Waals surface area contributed by atoms with Crippen molar-refractivity contribution in [2.45, 2.75) is 32.9 Å². The molecule has 1 aromatic carbocycles. The molecule has 2 atom stereocenters. The highest BCUT2D eigenvalue weighted by molar-refractivity contribution is 6.31. The topological polar surface area (TPSA) is 41.6 Å². The molecule has 110 valence electrons. The number of ether oxygens (including phenoxy) is 1. The first-order valence-corrected chi connectivity index (χ1v) is 7.28. The molecule has 0 bridgehead atoms. The highest BCUT2D eigenvalue weighted by Gasteiger charge is 2.26. The van der Waals surface area contributed by atoms with E-state index in [1.807, 2.05) is 32.9 Å². The standard InChI is InChI=1S/C15H21ClN2O2/c1-10-4-5-13(16)8-14(10)17-15(19)12(3)18-6-7-20-11(2)9-18/h4-5,8,11-12H,6-7,9H2,1-3H3,(H,17,19). The fourth-order valence-corrected chi connectivity index (χ4v) is 2.50. The number of nitrogens with zero attached hydrogens (tertiary/aromatic N) is 1. The molecule has 1 saturated heterocycles. The molecule has 20 heavy (non-hydrogen) atoms. The molecule has 0 aromatic heterocycles. The molecule has 4 nitrogen and oxygen atoms in total. The zero-order chi connectivity index (χ0) is 14.7. The van der Waals surface area contributed by atoms with Gasteiger partial charge in [0.15, 0.2) is 0 Å². The molecule has 0 radical (unpaired) electrons. The van der Waals surface area contributed by atoms with E-state index in [1.54, 1.807) is 6.07 Å². The van der Waals surface area contributed by atoms with E-state index in [1.165, 1.54) is 0 Å². The number of aryl methyl sites for hydroxylation is 1. The number of morpholine rings is 1. The Morgan fingerprint density at radius 2 is 2.30 bits per heavy atom. The lowest BCUT2D eigenvalue weighted by atomic mass is 10.1. The van der Waals surface area contributed by atoms with E-state index in [2.05, 4.69) is 10.2 Å². The highest BCUT2D eigenvalue weighted by Crippen LogP contribution is 2.21. The predicted molar refractivity (Wildman–Crippen MR) is 81.3 cm³/mol. The Bertz CT molecular complexity index is 493. The molecule has 1 heterocycles. The third kappa shape index (κ3) is 3.72. The molecule has 1 aliphatic rings. The van der Waals surface area contributed by atoms with Gasteiger partial charge in [-0.1, -0.05) is 17.7 Å². The molecule has 1 aliphatic heterocycles. The number of rotatable bonds is 3. The fraction of sp³-hybridized carbons (Fsp3) is 0.533. The second kappa shape index (κ2) is 6.57. The monoisotopic (exact) mass is 296 g/mol. The van der Waals surface area contributed by atoms with Crippen molar-refractivity contribution in [3.63, 3.8) is 0 Å². The summed E-state index contributed by atoms with van der Waals surface area (Å²) in [4.78, 5) is 14.5. The van der Waals surface area contributed by atoms with E-state index in [-0.39, 0.29) is 18.1 Å². The quantitative estimate of drug-likeness (QED) is 0.932. The lowest BCUT2D eigenvalue weighted by Crippen LogP contribution is -2.50. The molecular formula is C15H21ClN2O2. The summed E-state index contributed by atoms with van der Waals surface area (Å²) in [6.07, 6.45) is 0.173. The van der Waals surface area contributed by atoms with E-state index < -0.39 is 0 Å². The first kappa shape index (κ1) is 15.3. The number of hydrogen-bond acceptors (Lipinski definition) is 3. The Balaban J connectivity index is 2.02. The van der Waals surface area contributed by atoms with Crippen LogP contribution in [0.5, 0.6) is 0 Å². The van der Waals surface area contributed by atoms with Crippen molar-refractivity contribution in [2.24, 2.45) is 0 Å². The summed E-state index contributed by atoms with van der Waals surface area (Å²) in [6.45, 7) is 8.14. The van der Waals surface area contributed by atoms with Gasteiger partial charge in [-0.15, -0.1) is 0 Å². The Hall–Kier alpha value is -1.10. The molecule has 1 amide bonds. The van der Waals surface area contributed by atoms with Crippen LogP contribution in [0.15, 0.2) is 18.2 Å². The summed E-state index contributed by atoms with van der Waals surface area (Å²) in [7, 11) is 0. The highest BCUT2D eigenvalue weighted by atomic mass is 35.5. The number of benzene rings is 1. The van der Waals surface area contributed by atoms with Crippen LogP contribution < -0.4 is 5.32 Å². The molecule has 0 saturated carbocycles. The summed E-state index contributed by atoms with van der Waals surface area (Å²) < 4.78 is 5.50. The van der Waals surface area contributed by atoms with E-state index in [9.17, 15) is 4.79 Å². The van der Waals surface area contributed by atoms with Gasteiger partial charge in [-0.25, -0.2) is 0 Å². The summed E-state index contributed by atoms with van der Waals surface area (Å²) in [6, 6.07) is 5.32. The number of amides is 1. The van der Waals surface area contributed by atoms with Crippen molar-refractivity contribution in [1.29, 1.82) is 0 Å². The van der Waals surface area contributed by atoms with Gasteiger partial charge in [0.05, 0.1) is 18.8 Å². The van der Waals surface area contributed by atoms with Crippen LogP contribution in [0.4, 0.5) is 5.69 Å². The largest absolute Gasteiger partial charge is 0.376 e. The Kier molecular flexibility index (Phi) is 5.02. The van der Waals surface area contributed by atoms with Crippen LogP contribution in [0, 0.1) is 6.92 Å². The van der Waals surface area contributed by atoms with Gasteiger partial charge in [0, 0.05) is 23.8 Å². The molecule has 1 aromatic rings. The molecule has 2 unspecified atom stereocenters. The van der Waals surface area contributed by atoms with Gasteiger partial charge in [0.25, 0.3) is 0 Å². The lowest BCUT2D eigenvalue weighted by molar-refractivity contribution is -0.123. The average molecular weight is 297 g/mol. The maximum absolute atomic E-state index is 12.3. The van der Waals surface area contributed by atoms with Gasteiger partial charge in [-0.3, -0.25) is 9.69 Å². The minimum atomic E-state index is -0.181. The summed E-state index contributed by atoms with van der Waals surface area (Å²) in [5.41, 5.74) is 1.78. The minimum absolute atomic E-state index is 0.00975. The van der Waals surface area contributed by atoms with Crippen molar-refractivity contribution < 1.29 is 9.53 Å². The number of hydrogen-bond donors (Lipinski definition) is 1. The van der Waals surface area contributed by atoms with Crippen LogP contribution in [-0.4, -0.2) is 42.6 Å². The van der Waals surface area contributed by atoms with Gasteiger partial charge in [-0.05, 0) is 38.5 Å². The smallest absolute Gasteiger partial charge is 0.241 e. The van der Waals surface area contributed by atoms with Gasteiger partial charge >= 0.3 is 0 Å². The predicted octanol–water partition coefficient (Wildman–Crippen LogP) is 2.70. The Labute approximate surface area is 125 Å². The Morgan fingerprint density at radius 1 is 1.55 bits per heavy atom. The van der Waals surface area contributed by atoms with E-state index in [4.69, 9.17) is 16.3 Å².